The minimum Gasteiger partial charge on any atom is -0.504 e. The number of esters is 2. The van der Waals surface area contributed by atoms with Crippen LogP contribution in [0, 0.1) is 0 Å². The van der Waals surface area contributed by atoms with Crippen LogP contribution in [0.4, 0.5) is 0 Å². The molecule has 1 saturated heterocycles. The molecule has 6 N–H and O–H groups in total. The van der Waals surface area contributed by atoms with E-state index in [2.05, 4.69) is 15.5 Å². The van der Waals surface area contributed by atoms with Crippen molar-refractivity contribution in [1.82, 2.24) is 15.5 Å². The number of aromatic hydroxyl groups is 1. The molecule has 1 spiro atoms. The molecule has 0 saturated carbocycles. The maximum absolute atomic E-state index is 13.1. The van der Waals surface area contributed by atoms with Crippen molar-refractivity contribution < 1.29 is 43.6 Å². The highest BCUT2D eigenvalue weighted by atomic mass is 16.6. The van der Waals surface area contributed by atoms with Crippen LogP contribution in [0.3, 0.4) is 0 Å². The number of amides is 2. The van der Waals surface area contributed by atoms with Crippen LogP contribution >= 0.6 is 0 Å². The lowest BCUT2D eigenvalue weighted by Gasteiger charge is -2.61. The largest absolute Gasteiger partial charge is 0.504 e. The van der Waals surface area contributed by atoms with Crippen LogP contribution in [0.25, 0.3) is 0 Å². The van der Waals surface area contributed by atoms with E-state index in [1.165, 1.54) is 13.8 Å². The second kappa shape index (κ2) is 12.4. The quantitative estimate of drug-likeness (QED) is 0.161. The lowest BCUT2D eigenvalue weighted by Crippen LogP contribution is -2.74. The van der Waals surface area contributed by atoms with Gasteiger partial charge in [0.1, 0.15) is 11.8 Å². The fourth-order valence-electron chi connectivity index (χ4n) is 7.36. The molecule has 240 valence electrons. The molecular weight excluding hydrogens is 572 g/mol. The number of ether oxygens (including phenoxy) is 3. The molecule has 5 rings (SSSR count). The fourth-order valence-corrected chi connectivity index (χ4v) is 7.36. The molecule has 2 aliphatic carbocycles. The number of hydrogen-bond donors (Lipinski definition) is 5. The zero-order chi connectivity index (χ0) is 31.8. The predicted molar refractivity (Wildman–Crippen MR) is 156 cm³/mol. The number of nitrogens with one attached hydrogen (secondary N) is 2. The van der Waals surface area contributed by atoms with Gasteiger partial charge in [-0.25, -0.2) is 4.79 Å². The Labute approximate surface area is 256 Å². The maximum Gasteiger partial charge on any atom is 0.352 e. The van der Waals surface area contributed by atoms with Crippen LogP contribution in [-0.2, 0) is 40.5 Å². The topological polar surface area (TPSA) is 190 Å². The van der Waals surface area contributed by atoms with Gasteiger partial charge in [-0.2, -0.15) is 0 Å². The third-order valence-corrected chi connectivity index (χ3v) is 9.48. The number of phenols is 1. The minimum atomic E-state index is -1.26. The number of rotatable bonds is 12. The summed E-state index contributed by atoms with van der Waals surface area (Å²) in [6, 6.07) is 2.53. The van der Waals surface area contributed by atoms with Gasteiger partial charge in [-0.05, 0) is 76.9 Å². The molecule has 1 aromatic rings. The summed E-state index contributed by atoms with van der Waals surface area (Å²) in [6.45, 7) is 3.83. The molecule has 1 fully saturated rings. The second-order valence-corrected chi connectivity index (χ2v) is 12.2. The van der Waals surface area contributed by atoms with E-state index >= 15 is 0 Å². The highest BCUT2D eigenvalue weighted by Crippen LogP contribution is 2.65. The second-order valence-electron chi connectivity index (χ2n) is 12.2. The van der Waals surface area contributed by atoms with E-state index in [1.54, 1.807) is 12.1 Å². The number of phenolic OH excluding ortho intramolecular Hbond substituents is 1. The Bertz CT molecular complexity index is 1370. The van der Waals surface area contributed by atoms with Crippen LogP contribution < -0.4 is 21.1 Å². The number of likely N-dealkylation sites (tertiary alicyclic amines) is 1. The standard InChI is InChI=1S/C31H42N4O9/c1-17(42-24(38)10-14-33-28(39)20(34-18(2)36)6-4-5-13-32)29(40)43-22-9-11-31(41)23-16-19-7-8-21(37)26-25(19)30(31,27(22)44-26)12-15-35(23)3/h7-9,17,20,23,27,37,41H,4-6,10-16,32H2,1-3H3,(H,33,39)(H,34,36)/t17-,20-,23-,27+,30+,31-/m0/s1. The Hall–Kier alpha value is -3.68. The van der Waals surface area contributed by atoms with Gasteiger partial charge >= 0.3 is 11.9 Å². The van der Waals surface area contributed by atoms with Gasteiger partial charge in [0, 0.05) is 31.5 Å². The summed E-state index contributed by atoms with van der Waals surface area (Å²) in [5.41, 5.74) is 5.16. The summed E-state index contributed by atoms with van der Waals surface area (Å²) in [4.78, 5) is 51.7. The molecule has 2 bridgehead atoms. The van der Waals surface area contributed by atoms with Crippen LogP contribution in [0.1, 0.15) is 63.5 Å². The third kappa shape index (κ3) is 5.41. The Morgan fingerprint density at radius 2 is 2.02 bits per heavy atom. The Balaban J connectivity index is 1.20. The SMILES string of the molecule is CC(=O)N[C@@H](CCCCN)C(=O)NCCC(=O)O[C@@H](C)C(=O)OC1=CC[C@]2(O)[C@@H]3Cc4ccc(O)c5c4[C@]2(CCN3C)[C@@H]1O5. The van der Waals surface area contributed by atoms with Crippen molar-refractivity contribution in [2.45, 2.75) is 94.1 Å². The monoisotopic (exact) mass is 614 g/mol. The molecule has 0 aromatic heterocycles. The number of piperidine rings is 1. The van der Waals surface area contributed by atoms with E-state index in [9.17, 15) is 29.4 Å². The summed E-state index contributed by atoms with van der Waals surface area (Å²) in [5.74, 6) is -1.82. The van der Waals surface area contributed by atoms with Crippen molar-refractivity contribution >= 4 is 23.8 Å². The molecule has 13 heteroatoms. The van der Waals surface area contributed by atoms with Gasteiger partial charge in [0.15, 0.2) is 23.7 Å². The molecule has 13 nitrogen and oxygen atoms in total. The first-order valence-electron chi connectivity index (χ1n) is 15.2. The van der Waals surface area contributed by atoms with E-state index in [0.717, 1.165) is 11.1 Å². The average molecular weight is 615 g/mol. The zero-order valence-corrected chi connectivity index (χ0v) is 25.4. The Morgan fingerprint density at radius 1 is 1.25 bits per heavy atom. The number of aliphatic hydroxyl groups is 1. The van der Waals surface area contributed by atoms with Gasteiger partial charge in [-0.1, -0.05) is 6.07 Å². The van der Waals surface area contributed by atoms with Gasteiger partial charge < -0.3 is 45.7 Å². The molecular formula is C31H42N4O9. The van der Waals surface area contributed by atoms with Crippen LogP contribution in [0.5, 0.6) is 11.5 Å². The third-order valence-electron chi connectivity index (χ3n) is 9.48. The molecule has 44 heavy (non-hydrogen) atoms. The van der Waals surface area contributed by atoms with Crippen LogP contribution in [0.15, 0.2) is 24.0 Å². The fraction of sp³-hybridized carbons (Fsp3) is 0.613. The maximum atomic E-state index is 13.1. The normalized spacial score (nSPS) is 27.6. The smallest absolute Gasteiger partial charge is 0.352 e. The van der Waals surface area contributed by atoms with Gasteiger partial charge in [0.25, 0.3) is 0 Å². The molecule has 0 unspecified atom stereocenters. The molecule has 1 aromatic carbocycles. The first-order valence-corrected chi connectivity index (χ1v) is 15.2. The number of unbranched alkanes of at least 4 members (excludes halogenated alkanes) is 1. The van der Waals surface area contributed by atoms with Crippen molar-refractivity contribution in [3.05, 3.63) is 35.1 Å². The zero-order valence-electron chi connectivity index (χ0n) is 25.4. The van der Waals surface area contributed by atoms with Gasteiger partial charge in [-0.15, -0.1) is 0 Å². The lowest BCUT2D eigenvalue weighted by atomic mass is 9.50. The average Bonchev–Trinajstić information content (AvgIpc) is 3.33. The Morgan fingerprint density at radius 3 is 2.75 bits per heavy atom. The number of nitrogens with two attached hydrogens (primary N) is 1. The van der Waals surface area contributed by atoms with E-state index in [1.807, 2.05) is 13.1 Å². The van der Waals surface area contributed by atoms with Gasteiger partial charge in [-0.3, -0.25) is 14.4 Å². The molecule has 6 atom stereocenters. The van der Waals surface area contributed by atoms with Crippen molar-refractivity contribution in [1.29, 1.82) is 0 Å². The Kier molecular flexibility index (Phi) is 8.92. The van der Waals surface area contributed by atoms with Crippen molar-refractivity contribution in [2.24, 2.45) is 5.73 Å². The van der Waals surface area contributed by atoms with Crippen molar-refractivity contribution in [3.63, 3.8) is 0 Å². The van der Waals surface area contributed by atoms with E-state index in [0.29, 0.717) is 50.9 Å². The number of benzene rings is 1. The highest BCUT2D eigenvalue weighted by molar-refractivity contribution is 5.87. The summed E-state index contributed by atoms with van der Waals surface area (Å²) in [5, 5.41) is 28.1. The van der Waals surface area contributed by atoms with E-state index in [4.69, 9.17) is 19.9 Å². The number of likely N-dealkylation sites (N-methyl/N-ethyl adjacent to an activating group) is 1. The van der Waals surface area contributed by atoms with Crippen LogP contribution in [-0.4, -0.2) is 95.4 Å². The molecule has 2 amide bonds. The number of carbonyl (C=O) groups excluding carboxylic acids is 4. The number of carbonyl (C=O) groups is 4. The molecule has 2 heterocycles. The molecule has 4 aliphatic rings. The van der Waals surface area contributed by atoms with Crippen molar-refractivity contribution in [2.75, 3.05) is 26.7 Å². The molecule has 0 radical (unpaired) electrons. The van der Waals surface area contributed by atoms with Gasteiger partial charge in [0.2, 0.25) is 11.8 Å². The number of hydrogen-bond acceptors (Lipinski definition) is 11. The van der Waals surface area contributed by atoms with Gasteiger partial charge in [0.05, 0.1) is 17.4 Å². The number of nitrogens with zero attached hydrogens (tertiary/aromatic N) is 1. The first-order chi connectivity index (χ1) is 20.9. The predicted octanol–water partition coefficient (Wildman–Crippen LogP) is 0.285. The summed E-state index contributed by atoms with van der Waals surface area (Å²) in [7, 11) is 1.98. The van der Waals surface area contributed by atoms with E-state index in [-0.39, 0.29) is 42.8 Å². The van der Waals surface area contributed by atoms with Crippen LogP contribution in [0.2, 0.25) is 0 Å². The minimum absolute atomic E-state index is 0.0359. The summed E-state index contributed by atoms with van der Waals surface area (Å²) in [6.07, 6.45) is 2.50. The first kappa shape index (κ1) is 31.7. The highest BCUT2D eigenvalue weighted by Gasteiger charge is 2.72. The summed E-state index contributed by atoms with van der Waals surface area (Å²) >= 11 is 0. The van der Waals surface area contributed by atoms with Crippen molar-refractivity contribution in [3.8, 4) is 11.5 Å². The van der Waals surface area contributed by atoms with E-state index < -0.39 is 47.1 Å². The molecule has 2 aliphatic heterocycles. The lowest BCUT2D eigenvalue weighted by molar-refractivity contribution is -0.175. The summed E-state index contributed by atoms with van der Waals surface area (Å²) < 4.78 is 17.3.